The number of hydrogen-bond acceptors (Lipinski definition) is 4. The summed E-state index contributed by atoms with van der Waals surface area (Å²) in [5.74, 6) is -1.41. The lowest BCUT2D eigenvalue weighted by atomic mass is 10.0. The van der Waals surface area contributed by atoms with Gasteiger partial charge in [-0.05, 0) is 63.9 Å². The van der Waals surface area contributed by atoms with E-state index >= 15 is 0 Å². The number of carbonyl (C=O) groups is 2. The fourth-order valence-corrected chi connectivity index (χ4v) is 4.76. The van der Waals surface area contributed by atoms with Gasteiger partial charge >= 0.3 is 10.2 Å². The van der Waals surface area contributed by atoms with Gasteiger partial charge in [-0.25, -0.2) is 8.70 Å². The first-order chi connectivity index (χ1) is 16.7. The Morgan fingerprint density at radius 3 is 2.17 bits per heavy atom. The van der Waals surface area contributed by atoms with Gasteiger partial charge in [0.2, 0.25) is 11.8 Å². The molecule has 0 aliphatic heterocycles. The van der Waals surface area contributed by atoms with Gasteiger partial charge in [0.25, 0.3) is 0 Å². The zero-order valence-corrected chi connectivity index (χ0v) is 22.9. The molecule has 0 unspecified atom stereocenters. The van der Waals surface area contributed by atoms with E-state index in [0.717, 1.165) is 31.9 Å². The second kappa shape index (κ2) is 11.8. The molecule has 2 aromatic carbocycles. The average Bonchev–Trinajstić information content (AvgIpc) is 2.76. The van der Waals surface area contributed by atoms with E-state index in [1.54, 1.807) is 6.92 Å². The van der Waals surface area contributed by atoms with Crippen molar-refractivity contribution in [3.63, 3.8) is 0 Å². The lowest BCUT2D eigenvalue weighted by Crippen LogP contribution is -2.55. The molecule has 1 atom stereocenters. The van der Waals surface area contributed by atoms with Crippen LogP contribution in [0.2, 0.25) is 0 Å². The summed E-state index contributed by atoms with van der Waals surface area (Å²) in [6.07, 6.45) is 0.330. The van der Waals surface area contributed by atoms with Crippen LogP contribution in [0.15, 0.2) is 48.5 Å². The third-order valence-electron chi connectivity index (χ3n) is 5.45. The maximum absolute atomic E-state index is 13.8. The molecule has 0 fully saturated rings. The number of rotatable bonds is 10. The van der Waals surface area contributed by atoms with Crippen LogP contribution in [0, 0.1) is 12.7 Å². The summed E-state index contributed by atoms with van der Waals surface area (Å²) in [6.45, 7) is 8.85. The van der Waals surface area contributed by atoms with Gasteiger partial charge in [-0.1, -0.05) is 36.8 Å². The molecule has 2 amide bonds. The van der Waals surface area contributed by atoms with Crippen LogP contribution in [0.5, 0.6) is 0 Å². The smallest absolute Gasteiger partial charge is 0.304 e. The van der Waals surface area contributed by atoms with Gasteiger partial charge in [0.1, 0.15) is 18.4 Å². The monoisotopic (exact) mass is 520 g/mol. The fourth-order valence-electron chi connectivity index (χ4n) is 3.70. The summed E-state index contributed by atoms with van der Waals surface area (Å²) in [5, 5.41) is 2.93. The molecule has 0 saturated heterocycles. The molecule has 0 aliphatic rings. The quantitative estimate of drug-likeness (QED) is 0.520. The van der Waals surface area contributed by atoms with E-state index in [1.807, 2.05) is 52.0 Å². The molecular formula is C26H37FN4O4S. The van der Waals surface area contributed by atoms with E-state index in [9.17, 15) is 22.4 Å². The topological polar surface area (TPSA) is 90.0 Å². The van der Waals surface area contributed by atoms with Crippen LogP contribution in [0.4, 0.5) is 10.1 Å². The van der Waals surface area contributed by atoms with Gasteiger partial charge in [-0.15, -0.1) is 0 Å². The first-order valence-corrected chi connectivity index (χ1v) is 13.2. The number of halogens is 1. The number of amides is 2. The maximum Gasteiger partial charge on any atom is 0.304 e. The highest BCUT2D eigenvalue weighted by Crippen LogP contribution is 2.22. The molecule has 2 rings (SSSR count). The summed E-state index contributed by atoms with van der Waals surface area (Å²) >= 11 is 0. The number of nitrogens with one attached hydrogen (secondary N) is 1. The molecule has 0 saturated carbocycles. The number of carbonyl (C=O) groups excluding carboxylic acids is 2. The summed E-state index contributed by atoms with van der Waals surface area (Å²) in [6, 6.07) is 11.6. The lowest BCUT2D eigenvalue weighted by molar-refractivity contribution is -0.141. The summed E-state index contributed by atoms with van der Waals surface area (Å²) in [7, 11) is -1.39. The molecule has 0 radical (unpaired) electrons. The average molecular weight is 521 g/mol. The third kappa shape index (κ3) is 7.76. The number of benzene rings is 2. The van der Waals surface area contributed by atoms with Crippen LogP contribution in [0.1, 0.15) is 45.2 Å². The van der Waals surface area contributed by atoms with Crippen molar-refractivity contribution in [2.75, 3.05) is 24.9 Å². The SMILES string of the molecule is CC[C@@H](C(=O)NC(C)(C)C)N(Cc1cccc(C)c1)C(=O)CN(c1ccc(F)cc1)S(=O)(=O)N(C)C. The Bertz CT molecular complexity index is 1160. The minimum absolute atomic E-state index is 0.121. The van der Waals surface area contributed by atoms with Crippen molar-refractivity contribution in [2.24, 2.45) is 0 Å². The minimum atomic E-state index is -4.10. The Labute approximate surface area is 214 Å². The molecule has 0 bridgehead atoms. The first kappa shape index (κ1) is 29.3. The van der Waals surface area contributed by atoms with Crippen molar-refractivity contribution in [3.8, 4) is 0 Å². The Morgan fingerprint density at radius 1 is 1.06 bits per heavy atom. The van der Waals surface area contributed by atoms with Crippen molar-refractivity contribution in [1.29, 1.82) is 0 Å². The van der Waals surface area contributed by atoms with Gasteiger partial charge in [-0.3, -0.25) is 9.59 Å². The van der Waals surface area contributed by atoms with E-state index in [4.69, 9.17) is 0 Å². The Balaban J connectivity index is 2.52. The van der Waals surface area contributed by atoms with Crippen molar-refractivity contribution < 1.29 is 22.4 Å². The van der Waals surface area contributed by atoms with Gasteiger partial charge in [0.05, 0.1) is 5.69 Å². The lowest BCUT2D eigenvalue weighted by Gasteiger charge is -2.35. The zero-order chi connectivity index (χ0) is 27.3. The van der Waals surface area contributed by atoms with E-state index in [-0.39, 0.29) is 18.1 Å². The fraction of sp³-hybridized carbons (Fsp3) is 0.462. The molecule has 8 nitrogen and oxygen atoms in total. The molecule has 0 heterocycles. The highest BCUT2D eigenvalue weighted by atomic mass is 32.2. The molecule has 10 heteroatoms. The van der Waals surface area contributed by atoms with Gasteiger partial charge in [0, 0.05) is 26.2 Å². The molecule has 0 spiro atoms. The van der Waals surface area contributed by atoms with Gasteiger partial charge < -0.3 is 10.2 Å². The Hall–Kier alpha value is -2.98. The van der Waals surface area contributed by atoms with Crippen LogP contribution < -0.4 is 9.62 Å². The van der Waals surface area contributed by atoms with Crippen molar-refractivity contribution >= 4 is 27.7 Å². The normalized spacial score (nSPS) is 12.8. The summed E-state index contributed by atoms with van der Waals surface area (Å²) < 4.78 is 41.7. The van der Waals surface area contributed by atoms with E-state index in [2.05, 4.69) is 5.32 Å². The first-order valence-electron chi connectivity index (χ1n) is 11.8. The maximum atomic E-state index is 13.8. The number of hydrogen-bond donors (Lipinski definition) is 1. The number of aryl methyl sites for hydroxylation is 1. The molecule has 1 N–H and O–H groups in total. The third-order valence-corrected chi connectivity index (χ3v) is 7.27. The predicted octanol–water partition coefficient (Wildman–Crippen LogP) is 3.47. The Morgan fingerprint density at radius 2 is 1.67 bits per heavy atom. The highest BCUT2D eigenvalue weighted by molar-refractivity contribution is 7.90. The van der Waals surface area contributed by atoms with Crippen LogP contribution in [0.3, 0.4) is 0 Å². The standard InChI is InChI=1S/C26H37FN4O4S/c1-8-23(25(33)28-26(3,4)5)30(17-20-11-9-10-19(2)16-20)24(32)18-31(36(34,35)29(6)7)22-14-12-21(27)13-15-22/h9-16,23H,8,17-18H2,1-7H3,(H,28,33)/t23-/m0/s1. The van der Waals surface area contributed by atoms with Crippen LogP contribution in [-0.4, -0.2) is 61.7 Å². The van der Waals surface area contributed by atoms with Crippen LogP contribution in [0.25, 0.3) is 0 Å². The van der Waals surface area contributed by atoms with E-state index in [0.29, 0.717) is 6.42 Å². The molecule has 0 aliphatic carbocycles. The summed E-state index contributed by atoms with van der Waals surface area (Å²) in [4.78, 5) is 28.4. The van der Waals surface area contributed by atoms with Crippen molar-refractivity contribution in [2.45, 2.75) is 59.2 Å². The second-order valence-electron chi connectivity index (χ2n) is 9.95. The molecular weight excluding hydrogens is 483 g/mol. The highest BCUT2D eigenvalue weighted by Gasteiger charge is 2.34. The molecule has 198 valence electrons. The predicted molar refractivity (Wildman–Crippen MR) is 140 cm³/mol. The second-order valence-corrected chi connectivity index (χ2v) is 12.0. The minimum Gasteiger partial charge on any atom is -0.350 e. The van der Waals surface area contributed by atoms with Crippen molar-refractivity contribution in [1.82, 2.24) is 14.5 Å². The van der Waals surface area contributed by atoms with E-state index < -0.39 is 40.1 Å². The molecule has 2 aromatic rings. The largest absolute Gasteiger partial charge is 0.350 e. The number of anilines is 1. The molecule has 0 aromatic heterocycles. The molecule has 36 heavy (non-hydrogen) atoms. The zero-order valence-electron chi connectivity index (χ0n) is 22.1. The Kier molecular flexibility index (Phi) is 9.62. The van der Waals surface area contributed by atoms with Crippen LogP contribution in [-0.2, 0) is 26.3 Å². The van der Waals surface area contributed by atoms with Gasteiger partial charge in [0.15, 0.2) is 0 Å². The van der Waals surface area contributed by atoms with Crippen molar-refractivity contribution in [3.05, 3.63) is 65.5 Å². The van der Waals surface area contributed by atoms with Gasteiger partial charge in [-0.2, -0.15) is 12.7 Å². The van der Waals surface area contributed by atoms with Crippen LogP contribution >= 0.6 is 0 Å². The number of nitrogens with zero attached hydrogens (tertiary/aromatic N) is 3. The summed E-state index contributed by atoms with van der Waals surface area (Å²) in [5.41, 5.74) is 1.43. The van der Waals surface area contributed by atoms with E-state index in [1.165, 1.54) is 31.1 Å².